The largest absolute Gasteiger partial charge is 0.383 e. The van der Waals surface area contributed by atoms with Crippen molar-refractivity contribution in [3.05, 3.63) is 46.1 Å². The number of sulfonamides is 1. The molecular weight excluding hydrogens is 352 g/mol. The van der Waals surface area contributed by atoms with E-state index in [1.807, 2.05) is 29.7 Å². The molecule has 0 N–H and O–H groups in total. The number of fused-ring (bicyclic) bond motifs is 1. The third-order valence-electron chi connectivity index (χ3n) is 3.30. The van der Waals surface area contributed by atoms with Gasteiger partial charge < -0.3 is 9.30 Å². The predicted molar refractivity (Wildman–Crippen MR) is 93.5 cm³/mol. The third-order valence-corrected chi connectivity index (χ3v) is 7.10. The van der Waals surface area contributed by atoms with Crippen LogP contribution in [0.2, 0.25) is 0 Å². The molecule has 23 heavy (non-hydrogen) atoms. The quantitative estimate of drug-likeness (QED) is 0.695. The molecule has 3 aromatic rings. The van der Waals surface area contributed by atoms with Gasteiger partial charge in [0.05, 0.1) is 16.8 Å². The highest BCUT2D eigenvalue weighted by Crippen LogP contribution is 2.21. The van der Waals surface area contributed by atoms with Gasteiger partial charge in [-0.25, -0.2) is 0 Å². The van der Waals surface area contributed by atoms with E-state index in [-0.39, 0.29) is 4.21 Å². The van der Waals surface area contributed by atoms with Crippen molar-refractivity contribution in [1.29, 1.82) is 0 Å². The lowest BCUT2D eigenvalue weighted by atomic mass is 10.2. The molecule has 2 heterocycles. The third kappa shape index (κ3) is 3.40. The van der Waals surface area contributed by atoms with E-state index in [1.165, 1.54) is 22.7 Å². The molecule has 0 unspecified atom stereocenters. The van der Waals surface area contributed by atoms with Crippen LogP contribution in [0.25, 0.3) is 10.2 Å². The van der Waals surface area contributed by atoms with Crippen LogP contribution in [-0.2, 0) is 21.3 Å². The molecule has 0 aliphatic rings. The highest BCUT2D eigenvalue weighted by Gasteiger charge is 2.15. The molecule has 0 amide bonds. The molecule has 0 saturated carbocycles. The summed E-state index contributed by atoms with van der Waals surface area (Å²) >= 11 is 2.55. The van der Waals surface area contributed by atoms with Crippen molar-refractivity contribution in [2.75, 3.05) is 13.7 Å². The van der Waals surface area contributed by atoms with Crippen LogP contribution in [0.5, 0.6) is 0 Å². The first-order valence-corrected chi connectivity index (χ1v) is 10.1. The lowest BCUT2D eigenvalue weighted by Crippen LogP contribution is -2.19. The highest BCUT2D eigenvalue weighted by atomic mass is 32.2. The number of thiazole rings is 1. The van der Waals surface area contributed by atoms with E-state index in [1.54, 1.807) is 24.6 Å². The molecule has 2 aromatic heterocycles. The fourth-order valence-corrected chi connectivity index (χ4v) is 5.53. The van der Waals surface area contributed by atoms with Crippen LogP contribution in [-0.4, -0.2) is 26.7 Å². The molecule has 5 nitrogen and oxygen atoms in total. The fraction of sp³-hybridized carbons (Fsp3) is 0.267. The van der Waals surface area contributed by atoms with Gasteiger partial charge in [0.1, 0.15) is 4.21 Å². The summed E-state index contributed by atoms with van der Waals surface area (Å²) < 4.78 is 37.2. The van der Waals surface area contributed by atoms with Crippen molar-refractivity contribution in [2.24, 2.45) is 4.40 Å². The average molecular weight is 369 g/mol. The van der Waals surface area contributed by atoms with E-state index in [9.17, 15) is 8.42 Å². The van der Waals surface area contributed by atoms with E-state index in [2.05, 4.69) is 4.40 Å². The Morgan fingerprint density at radius 2 is 2.13 bits per heavy atom. The number of hydrogen-bond acceptors (Lipinski definition) is 5. The molecule has 3 rings (SSSR count). The monoisotopic (exact) mass is 368 g/mol. The van der Waals surface area contributed by atoms with Crippen LogP contribution >= 0.6 is 22.7 Å². The lowest BCUT2D eigenvalue weighted by Gasteiger charge is -2.04. The van der Waals surface area contributed by atoms with Crippen LogP contribution in [0.15, 0.2) is 44.3 Å². The van der Waals surface area contributed by atoms with Crippen molar-refractivity contribution in [3.8, 4) is 0 Å². The number of aryl methyl sites for hydroxylation is 1. The minimum atomic E-state index is -3.68. The van der Waals surface area contributed by atoms with Crippen LogP contribution in [0, 0.1) is 6.92 Å². The molecule has 1 aromatic carbocycles. The van der Waals surface area contributed by atoms with Gasteiger partial charge in [0.25, 0.3) is 10.0 Å². The smallest absolute Gasteiger partial charge is 0.294 e. The molecule has 0 spiro atoms. The van der Waals surface area contributed by atoms with E-state index >= 15 is 0 Å². The maximum Gasteiger partial charge on any atom is 0.294 e. The second-order valence-corrected chi connectivity index (χ2v) is 8.79. The molecule has 122 valence electrons. The Hall–Kier alpha value is -1.48. The number of nitrogens with zero attached hydrogens (tertiary/aromatic N) is 2. The van der Waals surface area contributed by atoms with Gasteiger partial charge in [-0.05, 0) is 36.1 Å². The maximum atomic E-state index is 12.4. The van der Waals surface area contributed by atoms with Gasteiger partial charge >= 0.3 is 0 Å². The van der Waals surface area contributed by atoms with E-state index in [0.29, 0.717) is 18.0 Å². The highest BCUT2D eigenvalue weighted by molar-refractivity contribution is 7.92. The number of ether oxygens (including phenoxy) is 1. The number of hydrogen-bond donors (Lipinski definition) is 0. The topological polar surface area (TPSA) is 60.7 Å². The van der Waals surface area contributed by atoms with Crippen LogP contribution in [0.1, 0.15) is 5.56 Å². The zero-order valence-electron chi connectivity index (χ0n) is 12.7. The Bertz CT molecular complexity index is 983. The van der Waals surface area contributed by atoms with Crippen molar-refractivity contribution in [2.45, 2.75) is 17.7 Å². The minimum Gasteiger partial charge on any atom is -0.383 e. The summed E-state index contributed by atoms with van der Waals surface area (Å²) in [5.41, 5.74) is 2.10. The number of methoxy groups -OCH3 is 1. The Morgan fingerprint density at radius 1 is 1.30 bits per heavy atom. The SMILES string of the molecule is COCCn1/c(=N/S(=O)(=O)c2cccs2)sc2cc(C)ccc21. The van der Waals surface area contributed by atoms with Crippen molar-refractivity contribution >= 4 is 42.9 Å². The van der Waals surface area contributed by atoms with Crippen molar-refractivity contribution in [3.63, 3.8) is 0 Å². The van der Waals surface area contributed by atoms with E-state index in [0.717, 1.165) is 15.8 Å². The first kappa shape index (κ1) is 16.4. The molecule has 0 radical (unpaired) electrons. The van der Waals surface area contributed by atoms with Crippen LogP contribution in [0.4, 0.5) is 0 Å². The summed E-state index contributed by atoms with van der Waals surface area (Å²) in [7, 11) is -2.06. The van der Waals surface area contributed by atoms with Gasteiger partial charge in [-0.1, -0.05) is 23.5 Å². The molecule has 0 saturated heterocycles. The maximum absolute atomic E-state index is 12.4. The summed E-state index contributed by atoms with van der Waals surface area (Å²) in [6.45, 7) is 3.06. The van der Waals surface area contributed by atoms with Crippen molar-refractivity contribution in [1.82, 2.24) is 4.57 Å². The summed E-state index contributed by atoms with van der Waals surface area (Å²) in [5, 5.41) is 1.73. The summed E-state index contributed by atoms with van der Waals surface area (Å²) in [6, 6.07) is 9.32. The number of aromatic nitrogens is 1. The molecule has 0 fully saturated rings. The van der Waals surface area contributed by atoms with Crippen LogP contribution in [0.3, 0.4) is 0 Å². The Morgan fingerprint density at radius 3 is 2.83 bits per heavy atom. The fourth-order valence-electron chi connectivity index (χ4n) is 2.21. The molecule has 8 heteroatoms. The lowest BCUT2D eigenvalue weighted by molar-refractivity contribution is 0.187. The Labute approximate surface area is 142 Å². The predicted octanol–water partition coefficient (Wildman–Crippen LogP) is 3.01. The molecule has 0 aliphatic heterocycles. The first-order chi connectivity index (χ1) is 11.0. The Balaban J connectivity index is 2.21. The van der Waals surface area contributed by atoms with Gasteiger partial charge in [0.2, 0.25) is 4.80 Å². The van der Waals surface area contributed by atoms with Gasteiger partial charge in [-0.15, -0.1) is 15.7 Å². The zero-order valence-corrected chi connectivity index (χ0v) is 15.2. The number of benzene rings is 1. The first-order valence-electron chi connectivity index (χ1n) is 6.95. The molecular formula is C15H16N2O3S3. The molecule has 0 aliphatic carbocycles. The van der Waals surface area contributed by atoms with Gasteiger partial charge in [-0.3, -0.25) is 0 Å². The summed E-state index contributed by atoms with van der Waals surface area (Å²) in [6.07, 6.45) is 0. The van der Waals surface area contributed by atoms with Gasteiger partial charge in [0.15, 0.2) is 0 Å². The van der Waals surface area contributed by atoms with E-state index in [4.69, 9.17) is 4.74 Å². The molecule has 0 bridgehead atoms. The average Bonchev–Trinajstić information content (AvgIpc) is 3.12. The van der Waals surface area contributed by atoms with Gasteiger partial charge in [0, 0.05) is 13.7 Å². The second-order valence-electron chi connectivity index (χ2n) is 5.00. The second kappa shape index (κ2) is 6.56. The molecule has 0 atom stereocenters. The van der Waals surface area contributed by atoms with Crippen molar-refractivity contribution < 1.29 is 13.2 Å². The number of rotatable bonds is 5. The Kier molecular flexibility index (Phi) is 4.67. The van der Waals surface area contributed by atoms with E-state index < -0.39 is 10.0 Å². The standard InChI is InChI=1S/C15H16N2O3S3/c1-11-5-6-12-13(10-11)22-15(17(12)7-8-20-2)16-23(18,19)14-4-3-9-21-14/h3-6,9-10H,7-8H2,1-2H3/b16-15-. The van der Waals surface area contributed by atoms with Crippen LogP contribution < -0.4 is 4.80 Å². The zero-order chi connectivity index (χ0) is 16.4. The minimum absolute atomic E-state index is 0.254. The summed E-state index contributed by atoms with van der Waals surface area (Å²) in [5.74, 6) is 0. The number of thiophene rings is 1. The summed E-state index contributed by atoms with van der Waals surface area (Å²) in [4.78, 5) is 0.469. The van der Waals surface area contributed by atoms with Gasteiger partial charge in [-0.2, -0.15) is 8.42 Å². The normalized spacial score (nSPS) is 13.0.